The van der Waals surface area contributed by atoms with Crippen LogP contribution >= 0.6 is 0 Å². The Hall–Kier alpha value is 0.583. The van der Waals surface area contributed by atoms with E-state index < -0.39 is 0 Å². The van der Waals surface area contributed by atoms with Crippen LogP contribution in [0.4, 0.5) is 0 Å². The van der Waals surface area contributed by atoms with Gasteiger partial charge in [-0.1, -0.05) is 51.9 Å². The molecule has 12 heavy (non-hydrogen) atoms. The number of hydrogen-bond acceptors (Lipinski definition) is 1. The van der Waals surface area contributed by atoms with Crippen LogP contribution in [0.2, 0.25) is 0 Å². The fraction of sp³-hybridized carbons (Fsp3) is 1.00. The quantitative estimate of drug-likeness (QED) is 0.495. The maximum Gasteiger partial charge on any atom is 0.0431 e. The molecule has 0 aromatic rings. The number of rotatable bonds is 8. The van der Waals surface area contributed by atoms with Gasteiger partial charge in [-0.15, -0.1) is 0 Å². The zero-order valence-electron chi connectivity index (χ0n) is 8.52. The number of aliphatic hydroxyl groups excluding tert-OH is 1. The normalized spacial score (nSPS) is 9.50. The van der Waals surface area contributed by atoms with Crippen LogP contribution in [-0.2, 0) is 19.5 Å². The van der Waals surface area contributed by atoms with E-state index >= 15 is 0 Å². The molecule has 0 fully saturated rings. The summed E-state index contributed by atoms with van der Waals surface area (Å²) in [5, 5.41) is 8.51. The Labute approximate surface area is 89.7 Å². The zero-order chi connectivity index (χ0) is 8.36. The van der Waals surface area contributed by atoms with Crippen LogP contribution in [0.3, 0.4) is 0 Å². The Kier molecular flexibility index (Phi) is 17.7. The van der Waals surface area contributed by atoms with E-state index in [1.165, 1.54) is 44.9 Å². The van der Waals surface area contributed by atoms with Crippen molar-refractivity contribution in [3.63, 3.8) is 0 Å². The van der Waals surface area contributed by atoms with E-state index in [0.717, 1.165) is 6.42 Å². The van der Waals surface area contributed by atoms with Crippen molar-refractivity contribution in [2.75, 3.05) is 6.61 Å². The van der Waals surface area contributed by atoms with Gasteiger partial charge in [0, 0.05) is 26.1 Å². The molecule has 70 valence electrons. The van der Waals surface area contributed by atoms with Crippen molar-refractivity contribution in [2.45, 2.75) is 58.3 Å². The molecule has 0 aromatic heterocycles. The first kappa shape index (κ1) is 15.1. The third-order valence-corrected chi connectivity index (χ3v) is 2.01. The Morgan fingerprint density at radius 1 is 0.750 bits per heavy atom. The fourth-order valence-electron chi connectivity index (χ4n) is 1.25. The SMILES string of the molecule is CCCCCCCCCCO.[Zn]. The molecule has 0 bridgehead atoms. The molecule has 0 spiro atoms. The fourth-order valence-corrected chi connectivity index (χ4v) is 1.25. The summed E-state index contributed by atoms with van der Waals surface area (Å²) in [6.45, 7) is 2.61. The summed E-state index contributed by atoms with van der Waals surface area (Å²) < 4.78 is 0. The van der Waals surface area contributed by atoms with Gasteiger partial charge in [0.15, 0.2) is 0 Å². The molecule has 0 aliphatic rings. The molecule has 0 atom stereocenters. The molecule has 0 unspecified atom stereocenters. The molecule has 0 rings (SSSR count). The molecule has 1 N–H and O–H groups in total. The molecule has 0 aliphatic heterocycles. The predicted molar refractivity (Wildman–Crippen MR) is 49.7 cm³/mol. The predicted octanol–water partition coefficient (Wildman–Crippen LogP) is 3.12. The van der Waals surface area contributed by atoms with Crippen LogP contribution < -0.4 is 0 Å². The first-order chi connectivity index (χ1) is 5.41. The van der Waals surface area contributed by atoms with Gasteiger partial charge in [-0.25, -0.2) is 0 Å². The van der Waals surface area contributed by atoms with Gasteiger partial charge in [0.1, 0.15) is 0 Å². The van der Waals surface area contributed by atoms with E-state index in [-0.39, 0.29) is 19.5 Å². The van der Waals surface area contributed by atoms with Crippen molar-refractivity contribution in [3.8, 4) is 0 Å². The van der Waals surface area contributed by atoms with Gasteiger partial charge in [-0.3, -0.25) is 0 Å². The number of unbranched alkanes of at least 4 members (excludes halogenated alkanes) is 7. The first-order valence-corrected chi connectivity index (χ1v) is 5.02. The largest absolute Gasteiger partial charge is 0.396 e. The minimum atomic E-state index is 0. The van der Waals surface area contributed by atoms with Crippen molar-refractivity contribution in [1.29, 1.82) is 0 Å². The molecular weight excluding hydrogens is 201 g/mol. The standard InChI is InChI=1S/C10H22O.Zn/c1-2-3-4-5-6-7-8-9-10-11;/h11H,2-10H2,1H3;. The Bertz CT molecular complexity index is 58.9. The van der Waals surface area contributed by atoms with Crippen molar-refractivity contribution in [2.24, 2.45) is 0 Å². The molecule has 0 aromatic carbocycles. The maximum atomic E-state index is 8.51. The summed E-state index contributed by atoms with van der Waals surface area (Å²) in [5.74, 6) is 0. The Balaban J connectivity index is 0. The molecule has 0 saturated carbocycles. The van der Waals surface area contributed by atoms with Crippen LogP contribution in [0.25, 0.3) is 0 Å². The number of hydrogen-bond donors (Lipinski definition) is 1. The van der Waals surface area contributed by atoms with E-state index in [2.05, 4.69) is 6.92 Å². The van der Waals surface area contributed by atoms with Gasteiger partial charge in [0.25, 0.3) is 0 Å². The number of aliphatic hydroxyl groups is 1. The minimum Gasteiger partial charge on any atom is -0.396 e. The average Bonchev–Trinajstić information content (AvgIpc) is 2.03. The Morgan fingerprint density at radius 3 is 1.58 bits per heavy atom. The van der Waals surface area contributed by atoms with Crippen molar-refractivity contribution < 1.29 is 24.6 Å². The summed E-state index contributed by atoms with van der Waals surface area (Å²) >= 11 is 0. The minimum absolute atomic E-state index is 0. The van der Waals surface area contributed by atoms with E-state index in [1.54, 1.807) is 0 Å². The smallest absolute Gasteiger partial charge is 0.0431 e. The molecule has 2 heteroatoms. The van der Waals surface area contributed by atoms with Crippen LogP contribution in [0.15, 0.2) is 0 Å². The second kappa shape index (κ2) is 14.1. The summed E-state index contributed by atoms with van der Waals surface area (Å²) in [7, 11) is 0. The van der Waals surface area contributed by atoms with Crippen LogP contribution in [0.1, 0.15) is 58.3 Å². The van der Waals surface area contributed by atoms with E-state index in [1.807, 2.05) is 0 Å². The average molecular weight is 224 g/mol. The van der Waals surface area contributed by atoms with E-state index in [0.29, 0.717) is 6.61 Å². The van der Waals surface area contributed by atoms with Gasteiger partial charge < -0.3 is 5.11 Å². The topological polar surface area (TPSA) is 20.2 Å². The summed E-state index contributed by atoms with van der Waals surface area (Å²) in [5.41, 5.74) is 0. The van der Waals surface area contributed by atoms with Gasteiger partial charge in [-0.05, 0) is 6.42 Å². The van der Waals surface area contributed by atoms with Crippen LogP contribution in [-0.4, -0.2) is 11.7 Å². The van der Waals surface area contributed by atoms with Crippen molar-refractivity contribution in [3.05, 3.63) is 0 Å². The summed E-state index contributed by atoms with van der Waals surface area (Å²) in [4.78, 5) is 0. The molecule has 0 radical (unpaired) electrons. The molecule has 1 nitrogen and oxygen atoms in total. The molecule has 0 aliphatic carbocycles. The van der Waals surface area contributed by atoms with Crippen molar-refractivity contribution >= 4 is 0 Å². The monoisotopic (exact) mass is 222 g/mol. The third kappa shape index (κ3) is 13.2. The second-order valence-corrected chi connectivity index (χ2v) is 3.20. The van der Waals surface area contributed by atoms with Gasteiger partial charge in [0.2, 0.25) is 0 Å². The summed E-state index contributed by atoms with van der Waals surface area (Å²) in [6.07, 6.45) is 10.4. The van der Waals surface area contributed by atoms with E-state index in [4.69, 9.17) is 5.11 Å². The van der Waals surface area contributed by atoms with Crippen molar-refractivity contribution in [1.82, 2.24) is 0 Å². The van der Waals surface area contributed by atoms with Gasteiger partial charge in [-0.2, -0.15) is 0 Å². The summed E-state index contributed by atoms with van der Waals surface area (Å²) in [6, 6.07) is 0. The van der Waals surface area contributed by atoms with Crippen LogP contribution in [0, 0.1) is 0 Å². The molecule has 0 heterocycles. The first-order valence-electron chi connectivity index (χ1n) is 5.02. The van der Waals surface area contributed by atoms with Crippen LogP contribution in [0.5, 0.6) is 0 Å². The molecular formula is C10H22OZn. The maximum absolute atomic E-state index is 8.51. The van der Waals surface area contributed by atoms with Gasteiger partial charge >= 0.3 is 0 Å². The second-order valence-electron chi connectivity index (χ2n) is 3.20. The molecule has 0 amide bonds. The third-order valence-electron chi connectivity index (χ3n) is 2.01. The van der Waals surface area contributed by atoms with Gasteiger partial charge in [0.05, 0.1) is 0 Å². The Morgan fingerprint density at radius 2 is 1.17 bits per heavy atom. The van der Waals surface area contributed by atoms with E-state index in [9.17, 15) is 0 Å². The molecule has 0 saturated heterocycles. The zero-order valence-corrected chi connectivity index (χ0v) is 11.5.